The monoisotopic (exact) mass is 243 g/mol. The van der Waals surface area contributed by atoms with Crippen molar-refractivity contribution in [1.29, 1.82) is 0 Å². The van der Waals surface area contributed by atoms with Gasteiger partial charge in [0.05, 0.1) is 5.69 Å². The van der Waals surface area contributed by atoms with E-state index in [9.17, 15) is 8.42 Å². The topological polar surface area (TPSA) is 52.7 Å². The van der Waals surface area contributed by atoms with Crippen LogP contribution >= 0.6 is 0 Å². The van der Waals surface area contributed by atoms with Crippen molar-refractivity contribution in [1.82, 2.24) is 9.31 Å². The summed E-state index contributed by atoms with van der Waals surface area (Å²) >= 11 is 0. The maximum absolute atomic E-state index is 12.0. The standard InChI is InChI=1S/C10H17N3O2S/c1-12(2)11-9-7-5-6-8-10(9)16(14,15)13(3)4/h5-8,11H,1-4H3. The maximum atomic E-state index is 12.0. The average Bonchev–Trinajstić information content (AvgIpc) is 2.17. The predicted molar refractivity (Wildman–Crippen MR) is 64.6 cm³/mol. The van der Waals surface area contributed by atoms with Gasteiger partial charge in [-0.05, 0) is 12.1 Å². The smallest absolute Gasteiger partial charge is 0.244 e. The first-order valence-electron chi connectivity index (χ1n) is 4.81. The van der Waals surface area contributed by atoms with Crippen LogP contribution in [0.25, 0.3) is 0 Å². The minimum Gasteiger partial charge on any atom is -0.318 e. The Hall–Kier alpha value is -1.11. The Bertz CT molecular complexity index is 455. The van der Waals surface area contributed by atoms with Crippen LogP contribution in [0, 0.1) is 0 Å². The van der Waals surface area contributed by atoms with Crippen molar-refractivity contribution in [3.8, 4) is 0 Å². The van der Waals surface area contributed by atoms with Gasteiger partial charge in [-0.25, -0.2) is 17.7 Å². The average molecular weight is 243 g/mol. The van der Waals surface area contributed by atoms with E-state index in [-0.39, 0.29) is 4.90 Å². The largest absolute Gasteiger partial charge is 0.318 e. The Balaban J connectivity index is 3.24. The SMILES string of the molecule is CN(C)Nc1ccccc1S(=O)(=O)N(C)C. The molecular formula is C10H17N3O2S. The van der Waals surface area contributed by atoms with Crippen LogP contribution < -0.4 is 5.43 Å². The van der Waals surface area contributed by atoms with Gasteiger partial charge in [0, 0.05) is 28.2 Å². The molecule has 0 aromatic heterocycles. The zero-order valence-electron chi connectivity index (χ0n) is 9.93. The summed E-state index contributed by atoms with van der Waals surface area (Å²) in [6.45, 7) is 0. The minimum absolute atomic E-state index is 0.272. The summed E-state index contributed by atoms with van der Waals surface area (Å²) in [4.78, 5) is 0.272. The van der Waals surface area contributed by atoms with Gasteiger partial charge in [-0.1, -0.05) is 12.1 Å². The molecule has 0 saturated heterocycles. The number of rotatable bonds is 4. The lowest BCUT2D eigenvalue weighted by atomic mass is 10.3. The van der Waals surface area contributed by atoms with E-state index in [1.54, 1.807) is 43.4 Å². The number of hydrogen-bond acceptors (Lipinski definition) is 4. The molecule has 90 valence electrons. The molecule has 0 amide bonds. The lowest BCUT2D eigenvalue weighted by Gasteiger charge is -2.19. The second-order valence-electron chi connectivity index (χ2n) is 3.79. The number of sulfonamides is 1. The predicted octanol–water partition coefficient (Wildman–Crippen LogP) is 0.825. The molecule has 0 aliphatic rings. The normalized spacial score (nSPS) is 12.1. The highest BCUT2D eigenvalue weighted by atomic mass is 32.2. The molecule has 0 spiro atoms. The highest BCUT2D eigenvalue weighted by molar-refractivity contribution is 7.89. The summed E-state index contributed by atoms with van der Waals surface area (Å²) in [7, 11) is 3.23. The quantitative estimate of drug-likeness (QED) is 0.796. The third-order valence-electron chi connectivity index (χ3n) is 1.99. The molecule has 16 heavy (non-hydrogen) atoms. The molecule has 0 aliphatic carbocycles. The fraction of sp³-hybridized carbons (Fsp3) is 0.400. The molecule has 0 saturated carbocycles. The van der Waals surface area contributed by atoms with Crippen molar-refractivity contribution in [2.24, 2.45) is 0 Å². The number of para-hydroxylation sites is 1. The third-order valence-corrected chi connectivity index (χ3v) is 3.86. The van der Waals surface area contributed by atoms with E-state index in [0.29, 0.717) is 5.69 Å². The Morgan fingerprint density at radius 3 is 2.12 bits per heavy atom. The number of nitrogens with one attached hydrogen (secondary N) is 1. The molecule has 0 fully saturated rings. The fourth-order valence-electron chi connectivity index (χ4n) is 1.22. The van der Waals surface area contributed by atoms with Gasteiger partial charge in [0.2, 0.25) is 10.0 Å². The van der Waals surface area contributed by atoms with Crippen LogP contribution in [0.1, 0.15) is 0 Å². The van der Waals surface area contributed by atoms with Crippen LogP contribution in [-0.4, -0.2) is 45.9 Å². The van der Waals surface area contributed by atoms with Gasteiger partial charge < -0.3 is 5.43 Å². The number of hydrogen-bond donors (Lipinski definition) is 1. The zero-order valence-corrected chi connectivity index (χ0v) is 10.7. The van der Waals surface area contributed by atoms with E-state index in [1.807, 2.05) is 0 Å². The Labute approximate surface area is 96.7 Å². The van der Waals surface area contributed by atoms with Crippen molar-refractivity contribution in [2.75, 3.05) is 33.6 Å². The molecule has 1 N–H and O–H groups in total. The first-order valence-corrected chi connectivity index (χ1v) is 6.25. The summed E-state index contributed by atoms with van der Waals surface area (Å²) in [5.74, 6) is 0. The number of nitrogens with zero attached hydrogens (tertiary/aromatic N) is 2. The summed E-state index contributed by atoms with van der Waals surface area (Å²) in [5.41, 5.74) is 3.53. The van der Waals surface area contributed by atoms with Gasteiger partial charge in [-0.2, -0.15) is 0 Å². The summed E-state index contributed by atoms with van der Waals surface area (Å²) < 4.78 is 25.2. The highest BCUT2D eigenvalue weighted by Gasteiger charge is 2.20. The molecule has 0 bridgehead atoms. The van der Waals surface area contributed by atoms with Crippen molar-refractivity contribution >= 4 is 15.7 Å². The van der Waals surface area contributed by atoms with Crippen LogP contribution in [0.4, 0.5) is 5.69 Å². The van der Waals surface area contributed by atoms with Gasteiger partial charge in [-0.3, -0.25) is 0 Å². The summed E-state index contributed by atoms with van der Waals surface area (Å²) in [6, 6.07) is 6.81. The lowest BCUT2D eigenvalue weighted by Crippen LogP contribution is -2.26. The van der Waals surface area contributed by atoms with Crippen LogP contribution in [0.2, 0.25) is 0 Å². The van der Waals surface area contributed by atoms with Gasteiger partial charge in [0.1, 0.15) is 4.90 Å². The first-order chi connectivity index (χ1) is 7.35. The van der Waals surface area contributed by atoms with Crippen molar-refractivity contribution in [3.05, 3.63) is 24.3 Å². The van der Waals surface area contributed by atoms with Crippen molar-refractivity contribution in [3.63, 3.8) is 0 Å². The molecule has 1 aromatic rings. The van der Waals surface area contributed by atoms with Crippen molar-refractivity contribution in [2.45, 2.75) is 4.90 Å². The van der Waals surface area contributed by atoms with Crippen LogP contribution in [0.3, 0.4) is 0 Å². The molecule has 0 atom stereocenters. The van der Waals surface area contributed by atoms with E-state index in [1.165, 1.54) is 18.4 Å². The molecule has 0 unspecified atom stereocenters. The molecular weight excluding hydrogens is 226 g/mol. The Morgan fingerprint density at radius 2 is 1.62 bits per heavy atom. The minimum atomic E-state index is -3.41. The van der Waals surface area contributed by atoms with Crippen LogP contribution in [0.5, 0.6) is 0 Å². The van der Waals surface area contributed by atoms with Gasteiger partial charge in [0.25, 0.3) is 0 Å². The molecule has 0 heterocycles. The fourth-order valence-corrected chi connectivity index (χ4v) is 2.26. The van der Waals surface area contributed by atoms with Gasteiger partial charge in [0.15, 0.2) is 0 Å². The maximum Gasteiger partial charge on any atom is 0.244 e. The molecule has 1 rings (SSSR count). The lowest BCUT2D eigenvalue weighted by molar-refractivity contribution is 0.490. The van der Waals surface area contributed by atoms with Gasteiger partial charge in [-0.15, -0.1) is 0 Å². The number of hydrazine groups is 1. The zero-order chi connectivity index (χ0) is 12.3. The van der Waals surface area contributed by atoms with E-state index in [0.717, 1.165) is 0 Å². The van der Waals surface area contributed by atoms with Crippen LogP contribution in [-0.2, 0) is 10.0 Å². The summed E-state index contributed by atoms with van der Waals surface area (Å²) in [6.07, 6.45) is 0. The van der Waals surface area contributed by atoms with E-state index < -0.39 is 10.0 Å². The third kappa shape index (κ3) is 2.72. The molecule has 0 radical (unpaired) electrons. The second-order valence-corrected chi connectivity index (χ2v) is 5.91. The number of anilines is 1. The van der Waals surface area contributed by atoms with Crippen molar-refractivity contribution < 1.29 is 8.42 Å². The Kier molecular flexibility index (Phi) is 3.90. The molecule has 5 nitrogen and oxygen atoms in total. The van der Waals surface area contributed by atoms with E-state index in [4.69, 9.17) is 0 Å². The summed E-state index contributed by atoms with van der Waals surface area (Å²) in [5, 5.41) is 1.70. The highest BCUT2D eigenvalue weighted by Crippen LogP contribution is 2.22. The molecule has 6 heteroatoms. The molecule has 1 aromatic carbocycles. The Morgan fingerprint density at radius 1 is 1.06 bits per heavy atom. The second kappa shape index (κ2) is 4.82. The van der Waals surface area contributed by atoms with Crippen LogP contribution in [0.15, 0.2) is 29.2 Å². The van der Waals surface area contributed by atoms with Gasteiger partial charge >= 0.3 is 0 Å². The number of benzene rings is 1. The molecule has 0 aliphatic heterocycles. The first kappa shape index (κ1) is 13.0. The van der Waals surface area contributed by atoms with E-state index in [2.05, 4.69) is 5.43 Å². The van der Waals surface area contributed by atoms with E-state index >= 15 is 0 Å².